The van der Waals surface area contributed by atoms with E-state index in [4.69, 9.17) is 10.2 Å². The van der Waals surface area contributed by atoms with E-state index in [9.17, 15) is 0 Å². The van der Waals surface area contributed by atoms with Crippen LogP contribution in [0.3, 0.4) is 0 Å². The molecule has 0 atom stereocenters. The van der Waals surface area contributed by atoms with Crippen LogP contribution in [0.5, 0.6) is 0 Å². The lowest BCUT2D eigenvalue weighted by Gasteiger charge is -2.03. The molecule has 2 aromatic carbocycles. The molecule has 3 heterocycles. The summed E-state index contributed by atoms with van der Waals surface area (Å²) in [6, 6.07) is 15.8. The highest BCUT2D eigenvalue weighted by Gasteiger charge is 2.12. The number of nitrogens with one attached hydrogen (secondary N) is 1. The molecule has 0 amide bonds. The second-order valence-electron chi connectivity index (χ2n) is 5.88. The quantitative estimate of drug-likeness (QED) is 0.496. The highest BCUT2D eigenvalue weighted by Crippen LogP contribution is 2.31. The van der Waals surface area contributed by atoms with Crippen molar-refractivity contribution in [1.29, 1.82) is 5.26 Å². The van der Waals surface area contributed by atoms with Gasteiger partial charge in [-0.25, -0.2) is 15.0 Å². The monoisotopic (exact) mass is 353 g/mol. The maximum Gasteiger partial charge on any atom is 0.156 e. The van der Waals surface area contributed by atoms with Gasteiger partial charge in [0.15, 0.2) is 5.65 Å². The number of fused-ring (bicyclic) bond motifs is 2. The zero-order valence-electron chi connectivity index (χ0n) is 13.5. The predicted molar refractivity (Wildman–Crippen MR) is 103 cm³/mol. The number of benzene rings is 2. The van der Waals surface area contributed by atoms with Crippen LogP contribution >= 0.6 is 11.3 Å². The predicted octanol–water partition coefficient (Wildman–Crippen LogP) is 4.77. The standard InChI is InChI=1S/C20H11N5S/c21-8-12-2-1-3-14(6-12)17-10-23-20-19(25-17)15(9-22-20)13-4-5-16-18(7-13)26-11-24-16/h1-7,9-11H,(H,22,23). The second kappa shape index (κ2) is 5.76. The summed E-state index contributed by atoms with van der Waals surface area (Å²) in [5.41, 5.74) is 8.71. The highest BCUT2D eigenvalue weighted by atomic mass is 32.1. The third kappa shape index (κ3) is 2.34. The first-order valence-corrected chi connectivity index (χ1v) is 8.88. The van der Waals surface area contributed by atoms with Crippen LogP contribution in [0.4, 0.5) is 0 Å². The first-order chi connectivity index (χ1) is 12.8. The van der Waals surface area contributed by atoms with Crippen LogP contribution in [-0.4, -0.2) is 19.9 Å². The van der Waals surface area contributed by atoms with Gasteiger partial charge in [0.05, 0.1) is 39.3 Å². The van der Waals surface area contributed by atoms with Gasteiger partial charge in [-0.1, -0.05) is 18.2 Å². The van der Waals surface area contributed by atoms with Gasteiger partial charge < -0.3 is 4.98 Å². The minimum absolute atomic E-state index is 0.606. The molecule has 26 heavy (non-hydrogen) atoms. The van der Waals surface area contributed by atoms with E-state index < -0.39 is 0 Å². The zero-order chi connectivity index (χ0) is 17.5. The molecule has 0 saturated carbocycles. The highest BCUT2D eigenvalue weighted by molar-refractivity contribution is 7.16. The fourth-order valence-corrected chi connectivity index (χ4v) is 3.74. The topological polar surface area (TPSA) is 78.2 Å². The van der Waals surface area contributed by atoms with Crippen molar-refractivity contribution in [2.75, 3.05) is 0 Å². The summed E-state index contributed by atoms with van der Waals surface area (Å²) < 4.78 is 1.14. The van der Waals surface area contributed by atoms with Gasteiger partial charge in [-0.15, -0.1) is 11.3 Å². The molecule has 5 rings (SSSR count). The molecule has 6 heteroatoms. The van der Waals surface area contributed by atoms with E-state index in [-0.39, 0.29) is 0 Å². The fourth-order valence-electron chi connectivity index (χ4n) is 3.02. The summed E-state index contributed by atoms with van der Waals surface area (Å²) in [6.45, 7) is 0. The molecule has 0 saturated heterocycles. The number of aromatic nitrogens is 4. The van der Waals surface area contributed by atoms with Gasteiger partial charge in [-0.2, -0.15) is 5.26 Å². The largest absolute Gasteiger partial charge is 0.344 e. The molecule has 122 valence electrons. The van der Waals surface area contributed by atoms with Crippen molar-refractivity contribution in [2.45, 2.75) is 0 Å². The molecule has 0 bridgehead atoms. The number of hydrogen-bond donors (Lipinski definition) is 1. The van der Waals surface area contributed by atoms with Crippen molar-refractivity contribution in [1.82, 2.24) is 19.9 Å². The molecule has 0 aliphatic carbocycles. The van der Waals surface area contributed by atoms with Crippen LogP contribution in [-0.2, 0) is 0 Å². The second-order valence-corrected chi connectivity index (χ2v) is 6.77. The van der Waals surface area contributed by atoms with Crippen molar-refractivity contribution in [3.63, 3.8) is 0 Å². The van der Waals surface area contributed by atoms with Crippen molar-refractivity contribution >= 4 is 32.7 Å². The molecule has 3 aromatic heterocycles. The Labute approximate surface area is 152 Å². The smallest absolute Gasteiger partial charge is 0.156 e. The van der Waals surface area contributed by atoms with Gasteiger partial charge in [0, 0.05) is 17.3 Å². The minimum atomic E-state index is 0.606. The SMILES string of the molecule is N#Cc1cccc(-c2cnc3[nH]cc(-c4ccc5ncsc5c4)c3n2)c1. The Balaban J connectivity index is 1.68. The molecule has 5 aromatic rings. The van der Waals surface area contributed by atoms with E-state index in [1.54, 1.807) is 23.6 Å². The summed E-state index contributed by atoms with van der Waals surface area (Å²) in [4.78, 5) is 16.8. The van der Waals surface area contributed by atoms with Gasteiger partial charge in [0.2, 0.25) is 0 Å². The molecule has 0 spiro atoms. The van der Waals surface area contributed by atoms with Crippen LogP contribution < -0.4 is 0 Å². The number of thiazole rings is 1. The maximum atomic E-state index is 9.11. The number of H-pyrrole nitrogens is 1. The number of aromatic amines is 1. The van der Waals surface area contributed by atoms with E-state index in [0.717, 1.165) is 43.8 Å². The van der Waals surface area contributed by atoms with E-state index in [0.29, 0.717) is 5.56 Å². The van der Waals surface area contributed by atoms with E-state index in [1.165, 1.54) is 0 Å². The number of hydrogen-bond acceptors (Lipinski definition) is 5. The average Bonchev–Trinajstić information content (AvgIpc) is 3.33. The Morgan fingerprint density at radius 3 is 2.92 bits per heavy atom. The van der Waals surface area contributed by atoms with E-state index >= 15 is 0 Å². The summed E-state index contributed by atoms with van der Waals surface area (Å²) in [5, 5.41) is 9.11. The Kier molecular flexibility index (Phi) is 3.27. The van der Waals surface area contributed by atoms with E-state index in [2.05, 4.69) is 33.2 Å². The normalized spacial score (nSPS) is 11.0. The van der Waals surface area contributed by atoms with Crippen LogP contribution in [0.25, 0.3) is 43.8 Å². The molecule has 1 N–H and O–H groups in total. The Hall–Kier alpha value is -3.56. The first-order valence-electron chi connectivity index (χ1n) is 8.00. The summed E-state index contributed by atoms with van der Waals surface area (Å²) >= 11 is 1.62. The Bertz CT molecular complexity index is 1310. The van der Waals surface area contributed by atoms with Gasteiger partial charge in [0.1, 0.15) is 5.52 Å². The van der Waals surface area contributed by atoms with Gasteiger partial charge in [-0.3, -0.25) is 0 Å². The number of rotatable bonds is 2. The molecule has 0 radical (unpaired) electrons. The lowest BCUT2D eigenvalue weighted by atomic mass is 10.1. The Morgan fingerprint density at radius 1 is 1.04 bits per heavy atom. The molecule has 0 unspecified atom stereocenters. The minimum Gasteiger partial charge on any atom is -0.344 e. The molecule has 0 aliphatic rings. The van der Waals surface area contributed by atoms with E-state index in [1.807, 2.05) is 36.0 Å². The number of nitriles is 1. The third-order valence-electron chi connectivity index (χ3n) is 4.31. The van der Waals surface area contributed by atoms with Crippen LogP contribution in [0, 0.1) is 11.3 Å². The van der Waals surface area contributed by atoms with Crippen LogP contribution in [0.15, 0.2) is 60.4 Å². The van der Waals surface area contributed by atoms with Crippen molar-refractivity contribution < 1.29 is 0 Å². The molecular weight excluding hydrogens is 342 g/mol. The third-order valence-corrected chi connectivity index (χ3v) is 5.10. The molecular formula is C20H11N5S. The zero-order valence-corrected chi connectivity index (χ0v) is 14.3. The number of nitrogens with zero attached hydrogens (tertiary/aromatic N) is 4. The van der Waals surface area contributed by atoms with Crippen molar-refractivity contribution in [3.8, 4) is 28.5 Å². The summed E-state index contributed by atoms with van der Waals surface area (Å²) in [7, 11) is 0. The van der Waals surface area contributed by atoms with Crippen molar-refractivity contribution in [3.05, 3.63) is 65.9 Å². The van der Waals surface area contributed by atoms with Gasteiger partial charge >= 0.3 is 0 Å². The first kappa shape index (κ1) is 14.8. The fraction of sp³-hybridized carbons (Fsp3) is 0. The summed E-state index contributed by atoms with van der Waals surface area (Å²) in [6.07, 6.45) is 3.66. The Morgan fingerprint density at radius 2 is 2.00 bits per heavy atom. The molecule has 0 aliphatic heterocycles. The average molecular weight is 353 g/mol. The summed E-state index contributed by atoms with van der Waals surface area (Å²) in [5.74, 6) is 0. The van der Waals surface area contributed by atoms with Gasteiger partial charge in [-0.05, 0) is 29.8 Å². The van der Waals surface area contributed by atoms with Crippen molar-refractivity contribution in [2.24, 2.45) is 0 Å². The van der Waals surface area contributed by atoms with Crippen LogP contribution in [0.2, 0.25) is 0 Å². The lowest BCUT2D eigenvalue weighted by Crippen LogP contribution is -1.89. The molecule has 5 nitrogen and oxygen atoms in total. The molecule has 0 fully saturated rings. The van der Waals surface area contributed by atoms with Gasteiger partial charge in [0.25, 0.3) is 0 Å². The van der Waals surface area contributed by atoms with Crippen LogP contribution in [0.1, 0.15) is 5.56 Å². The maximum absolute atomic E-state index is 9.11. The lowest BCUT2D eigenvalue weighted by molar-refractivity contribution is 1.26.